The van der Waals surface area contributed by atoms with Gasteiger partial charge in [0.05, 0.1) is 25.1 Å². The largest absolute Gasteiger partial charge is 0.495 e. The van der Waals surface area contributed by atoms with E-state index in [1.54, 1.807) is 19.1 Å². The maximum Gasteiger partial charge on any atom is 0.244 e. The number of ether oxygens (including phenoxy) is 1. The third-order valence-corrected chi connectivity index (χ3v) is 7.34. The molecule has 0 unspecified atom stereocenters. The molecule has 8 heteroatoms. The maximum atomic E-state index is 13.3. The van der Waals surface area contributed by atoms with Crippen molar-refractivity contribution in [1.82, 2.24) is 5.32 Å². The second-order valence-electron chi connectivity index (χ2n) is 8.26. The molecule has 32 heavy (non-hydrogen) atoms. The number of rotatable bonds is 8. The van der Waals surface area contributed by atoms with Gasteiger partial charge in [0, 0.05) is 5.02 Å². The van der Waals surface area contributed by atoms with E-state index in [9.17, 15) is 13.2 Å². The lowest BCUT2D eigenvalue weighted by Gasteiger charge is -2.32. The average molecular weight is 479 g/mol. The summed E-state index contributed by atoms with van der Waals surface area (Å²) in [5.41, 5.74) is 3.97. The van der Waals surface area contributed by atoms with Gasteiger partial charge in [-0.3, -0.25) is 9.10 Å². The van der Waals surface area contributed by atoms with E-state index in [1.165, 1.54) is 37.1 Å². The summed E-state index contributed by atoms with van der Waals surface area (Å²) in [6.45, 7) is 3.70. The molecule has 1 aliphatic rings. The molecule has 0 spiro atoms. The highest BCUT2D eigenvalue weighted by molar-refractivity contribution is 7.92. The monoisotopic (exact) mass is 478 g/mol. The third-order valence-electron chi connectivity index (χ3n) is 5.94. The Kier molecular flexibility index (Phi) is 7.72. The van der Waals surface area contributed by atoms with E-state index in [-0.39, 0.29) is 24.1 Å². The summed E-state index contributed by atoms with van der Waals surface area (Å²) in [5, 5.41) is 3.36. The van der Waals surface area contributed by atoms with Gasteiger partial charge in [-0.25, -0.2) is 8.42 Å². The van der Waals surface area contributed by atoms with Gasteiger partial charge >= 0.3 is 0 Å². The molecule has 0 radical (unpaired) electrons. The van der Waals surface area contributed by atoms with Crippen LogP contribution in [0.2, 0.25) is 5.02 Å². The number of methoxy groups -OCH3 is 1. The molecule has 0 fully saturated rings. The molecule has 3 rings (SSSR count). The highest BCUT2D eigenvalue weighted by Crippen LogP contribution is 2.35. The number of aryl methyl sites for hydroxylation is 2. The first-order valence-electron chi connectivity index (χ1n) is 10.9. The minimum absolute atomic E-state index is 0.242. The van der Waals surface area contributed by atoms with Gasteiger partial charge in [0.15, 0.2) is 0 Å². The number of hydrogen-bond donors (Lipinski definition) is 1. The average Bonchev–Trinajstić information content (AvgIpc) is 2.75. The molecule has 174 valence electrons. The summed E-state index contributed by atoms with van der Waals surface area (Å²) < 4.78 is 32.0. The minimum Gasteiger partial charge on any atom is -0.495 e. The molecule has 0 saturated heterocycles. The highest BCUT2D eigenvalue weighted by Gasteiger charge is 2.34. The SMILES string of the molecule is CC[C@@H](C(=O)N[C@@H](C)c1ccc2c(c1)CCCC2)N(c1cc(Cl)ccc1OC)S(C)(=O)=O. The van der Waals surface area contributed by atoms with Crippen molar-refractivity contribution in [3.8, 4) is 5.75 Å². The standard InChI is InChI=1S/C24H31ClN2O4S/c1-5-21(27(32(4,29)30)22-15-20(25)12-13-23(22)31-3)24(28)26-16(2)18-11-10-17-8-6-7-9-19(17)14-18/h10-16,21H,5-9H2,1-4H3,(H,26,28)/t16-,21-/m0/s1. The van der Waals surface area contributed by atoms with Crippen LogP contribution in [0.1, 0.15) is 55.8 Å². The number of benzene rings is 2. The van der Waals surface area contributed by atoms with Gasteiger partial charge in [-0.2, -0.15) is 0 Å². The van der Waals surface area contributed by atoms with Crippen LogP contribution < -0.4 is 14.4 Å². The number of carbonyl (C=O) groups excluding carboxylic acids is 1. The van der Waals surface area contributed by atoms with Crippen molar-refractivity contribution in [1.29, 1.82) is 0 Å². The lowest BCUT2D eigenvalue weighted by molar-refractivity contribution is -0.122. The molecule has 0 aliphatic heterocycles. The zero-order chi connectivity index (χ0) is 23.5. The van der Waals surface area contributed by atoms with Crippen LogP contribution in [-0.2, 0) is 27.7 Å². The van der Waals surface area contributed by atoms with Gasteiger partial charge in [0.1, 0.15) is 11.8 Å². The highest BCUT2D eigenvalue weighted by atomic mass is 35.5. The topological polar surface area (TPSA) is 75.7 Å². The Labute approximate surface area is 196 Å². The zero-order valence-electron chi connectivity index (χ0n) is 19.0. The Morgan fingerprint density at radius 1 is 1.16 bits per heavy atom. The number of amides is 1. The smallest absolute Gasteiger partial charge is 0.244 e. The Bertz CT molecular complexity index is 1090. The summed E-state index contributed by atoms with van der Waals surface area (Å²) in [7, 11) is -2.35. The number of nitrogens with one attached hydrogen (secondary N) is 1. The second kappa shape index (κ2) is 10.1. The molecule has 2 atom stereocenters. The number of sulfonamides is 1. The van der Waals surface area contributed by atoms with E-state index < -0.39 is 16.1 Å². The lowest BCUT2D eigenvalue weighted by atomic mass is 9.89. The van der Waals surface area contributed by atoms with E-state index >= 15 is 0 Å². The van der Waals surface area contributed by atoms with E-state index in [0.29, 0.717) is 10.8 Å². The van der Waals surface area contributed by atoms with Crippen molar-refractivity contribution in [2.75, 3.05) is 17.7 Å². The quantitative estimate of drug-likeness (QED) is 0.599. The van der Waals surface area contributed by atoms with Gasteiger partial charge in [-0.1, -0.05) is 36.7 Å². The van der Waals surface area contributed by atoms with E-state index in [4.69, 9.17) is 16.3 Å². The number of carbonyl (C=O) groups is 1. The van der Waals surface area contributed by atoms with Crippen molar-refractivity contribution < 1.29 is 17.9 Å². The zero-order valence-corrected chi connectivity index (χ0v) is 20.6. The maximum absolute atomic E-state index is 13.3. The van der Waals surface area contributed by atoms with E-state index in [2.05, 4.69) is 17.4 Å². The predicted molar refractivity (Wildman–Crippen MR) is 129 cm³/mol. The molecule has 2 aromatic carbocycles. The van der Waals surface area contributed by atoms with Crippen LogP contribution in [0.3, 0.4) is 0 Å². The lowest BCUT2D eigenvalue weighted by Crippen LogP contribution is -2.49. The molecule has 1 amide bonds. The van der Waals surface area contributed by atoms with Crippen LogP contribution in [0.4, 0.5) is 5.69 Å². The fraction of sp³-hybridized carbons (Fsp3) is 0.458. The Morgan fingerprint density at radius 2 is 1.84 bits per heavy atom. The van der Waals surface area contributed by atoms with Crippen LogP contribution in [0.5, 0.6) is 5.75 Å². The summed E-state index contributed by atoms with van der Waals surface area (Å²) >= 11 is 6.14. The molecule has 0 aromatic heterocycles. The molecular weight excluding hydrogens is 448 g/mol. The van der Waals surface area contributed by atoms with Crippen LogP contribution in [0.15, 0.2) is 36.4 Å². The Balaban J connectivity index is 1.89. The molecule has 0 saturated carbocycles. The fourth-order valence-electron chi connectivity index (χ4n) is 4.29. The Morgan fingerprint density at radius 3 is 2.47 bits per heavy atom. The molecule has 6 nitrogen and oxygen atoms in total. The normalized spacial score (nSPS) is 15.4. The van der Waals surface area contributed by atoms with E-state index in [0.717, 1.165) is 29.0 Å². The van der Waals surface area contributed by atoms with Crippen LogP contribution >= 0.6 is 11.6 Å². The van der Waals surface area contributed by atoms with Gasteiger partial charge in [-0.15, -0.1) is 0 Å². The van der Waals surface area contributed by atoms with Gasteiger partial charge in [-0.05, 0) is 73.9 Å². The Hall–Kier alpha value is -2.25. The van der Waals surface area contributed by atoms with Gasteiger partial charge < -0.3 is 10.1 Å². The number of fused-ring (bicyclic) bond motifs is 1. The molecule has 1 aliphatic carbocycles. The van der Waals surface area contributed by atoms with Crippen LogP contribution in [0, 0.1) is 0 Å². The van der Waals surface area contributed by atoms with Crippen molar-refractivity contribution in [2.45, 2.75) is 58.0 Å². The first kappa shape index (κ1) is 24.4. The molecule has 1 N–H and O–H groups in total. The molecule has 2 aromatic rings. The summed E-state index contributed by atoms with van der Waals surface area (Å²) in [4.78, 5) is 13.3. The first-order valence-corrected chi connectivity index (χ1v) is 13.1. The number of halogens is 1. The predicted octanol–water partition coefficient (Wildman–Crippen LogP) is 4.65. The fourth-order valence-corrected chi connectivity index (χ4v) is 5.66. The third kappa shape index (κ3) is 5.38. The number of nitrogens with zero attached hydrogens (tertiary/aromatic N) is 1. The summed E-state index contributed by atoms with van der Waals surface area (Å²) in [6, 6.07) is 9.86. The van der Waals surface area contributed by atoms with Crippen molar-refractivity contribution in [3.63, 3.8) is 0 Å². The van der Waals surface area contributed by atoms with Crippen LogP contribution in [0.25, 0.3) is 0 Å². The van der Waals surface area contributed by atoms with Gasteiger partial charge in [0.25, 0.3) is 0 Å². The number of anilines is 1. The van der Waals surface area contributed by atoms with Crippen LogP contribution in [-0.4, -0.2) is 33.7 Å². The molecule has 0 heterocycles. The molecular formula is C24H31ClN2O4S. The van der Waals surface area contributed by atoms with Crippen molar-refractivity contribution in [2.24, 2.45) is 0 Å². The van der Waals surface area contributed by atoms with Crippen molar-refractivity contribution >= 4 is 33.2 Å². The van der Waals surface area contributed by atoms with Crippen molar-refractivity contribution in [3.05, 3.63) is 58.1 Å². The summed E-state index contributed by atoms with van der Waals surface area (Å²) in [5.74, 6) is -0.0426. The van der Waals surface area contributed by atoms with E-state index in [1.807, 2.05) is 13.0 Å². The minimum atomic E-state index is -3.80. The second-order valence-corrected chi connectivity index (χ2v) is 10.6. The summed E-state index contributed by atoms with van der Waals surface area (Å²) in [6.07, 6.45) is 5.91. The number of hydrogen-bond acceptors (Lipinski definition) is 4. The first-order chi connectivity index (χ1) is 15.2. The molecule has 0 bridgehead atoms. The van der Waals surface area contributed by atoms with Gasteiger partial charge in [0.2, 0.25) is 15.9 Å².